The molecule has 2 atom stereocenters. The van der Waals surface area contributed by atoms with Crippen molar-refractivity contribution in [1.82, 2.24) is 10.2 Å². The molecule has 2 aliphatic carbocycles. The van der Waals surface area contributed by atoms with Crippen molar-refractivity contribution in [2.24, 2.45) is 17.8 Å². The molecule has 0 spiro atoms. The van der Waals surface area contributed by atoms with E-state index in [1.807, 2.05) is 0 Å². The summed E-state index contributed by atoms with van der Waals surface area (Å²) < 4.78 is 18.5. The van der Waals surface area contributed by atoms with Gasteiger partial charge in [0.15, 0.2) is 5.78 Å². The minimum atomic E-state index is -0.299. The molecule has 1 aromatic carbocycles. The lowest BCUT2D eigenvalue weighted by molar-refractivity contribution is -0.123. The Morgan fingerprint density at radius 2 is 1.65 bits per heavy atom. The molecule has 34 heavy (non-hydrogen) atoms. The molecule has 0 bridgehead atoms. The Kier molecular flexibility index (Phi) is 9.12. The van der Waals surface area contributed by atoms with E-state index in [0.717, 1.165) is 70.5 Å². The predicted octanol–water partition coefficient (Wildman–Crippen LogP) is 4.99. The zero-order chi connectivity index (χ0) is 23.9. The van der Waals surface area contributed by atoms with E-state index in [9.17, 15) is 14.0 Å². The zero-order valence-electron chi connectivity index (χ0n) is 20.6. The maximum absolute atomic E-state index is 13.1. The van der Waals surface area contributed by atoms with Gasteiger partial charge in [0.2, 0.25) is 5.91 Å². The van der Waals surface area contributed by atoms with Crippen molar-refractivity contribution >= 4 is 11.7 Å². The van der Waals surface area contributed by atoms with Crippen LogP contribution < -0.4 is 5.32 Å². The normalized spacial score (nSPS) is 28.6. The largest absolute Gasteiger partial charge is 0.381 e. The Labute approximate surface area is 203 Å². The van der Waals surface area contributed by atoms with Gasteiger partial charge in [0.1, 0.15) is 5.82 Å². The molecule has 188 valence electrons. The third-order valence-corrected chi connectivity index (χ3v) is 8.45. The van der Waals surface area contributed by atoms with Crippen LogP contribution in [0, 0.1) is 23.6 Å². The fourth-order valence-electron chi connectivity index (χ4n) is 6.21. The van der Waals surface area contributed by atoms with Gasteiger partial charge in [0, 0.05) is 31.1 Å². The second-order valence-electron chi connectivity index (χ2n) is 10.8. The lowest BCUT2D eigenvalue weighted by Crippen LogP contribution is -2.39. The average molecular weight is 473 g/mol. The van der Waals surface area contributed by atoms with E-state index in [2.05, 4.69) is 10.2 Å². The summed E-state index contributed by atoms with van der Waals surface area (Å²) in [7, 11) is 1.77. The van der Waals surface area contributed by atoms with Gasteiger partial charge in [-0.15, -0.1) is 0 Å². The number of likely N-dealkylation sites (tertiary alicyclic amines) is 1. The number of hydrogen-bond acceptors (Lipinski definition) is 4. The highest BCUT2D eigenvalue weighted by molar-refractivity contribution is 5.97. The van der Waals surface area contributed by atoms with Crippen LogP contribution >= 0.6 is 0 Å². The molecule has 1 N–H and O–H groups in total. The van der Waals surface area contributed by atoms with Crippen molar-refractivity contribution in [3.63, 3.8) is 0 Å². The van der Waals surface area contributed by atoms with Crippen LogP contribution in [-0.2, 0) is 9.53 Å². The molecule has 0 unspecified atom stereocenters. The molecule has 1 heterocycles. The number of carbonyl (C=O) groups is 2. The SMILES string of the molecule is CO[C@@H]1CC[C@H](CC(=O)NC2CCC(CCN3CCC(C(=O)c4ccc(F)cc4)CC3)CC2)C1. The molecule has 1 aromatic rings. The molecule has 3 aliphatic rings. The maximum atomic E-state index is 13.1. The van der Waals surface area contributed by atoms with E-state index in [1.165, 1.54) is 31.4 Å². The van der Waals surface area contributed by atoms with Crippen LogP contribution in [0.15, 0.2) is 24.3 Å². The van der Waals surface area contributed by atoms with Crippen LogP contribution in [0.4, 0.5) is 4.39 Å². The second-order valence-corrected chi connectivity index (χ2v) is 10.8. The summed E-state index contributed by atoms with van der Waals surface area (Å²) in [5.41, 5.74) is 0.631. The standard InChI is InChI=1S/C28H41FN2O3/c1-34-26-11-4-21(18-26)19-27(32)30-25-9-2-20(3-10-25)12-15-31-16-13-23(14-17-31)28(33)22-5-7-24(29)8-6-22/h5-8,20-21,23,25-26H,2-4,9-19H2,1H3,(H,30,32)/t20?,21-,25?,26+/m0/s1. The molecule has 1 aliphatic heterocycles. The van der Waals surface area contributed by atoms with Crippen LogP contribution in [0.25, 0.3) is 0 Å². The van der Waals surface area contributed by atoms with E-state index in [0.29, 0.717) is 30.0 Å². The molecule has 1 saturated heterocycles. The maximum Gasteiger partial charge on any atom is 0.220 e. The lowest BCUT2D eigenvalue weighted by atomic mass is 9.83. The van der Waals surface area contributed by atoms with Gasteiger partial charge >= 0.3 is 0 Å². The number of Topliss-reactive ketones (excluding diaryl/α,β-unsaturated/α-hetero) is 1. The van der Waals surface area contributed by atoms with Crippen LogP contribution in [0.3, 0.4) is 0 Å². The number of rotatable bonds is 9. The van der Waals surface area contributed by atoms with Crippen molar-refractivity contribution in [3.05, 3.63) is 35.6 Å². The molecule has 1 amide bonds. The van der Waals surface area contributed by atoms with Crippen LogP contribution in [0.1, 0.15) is 81.0 Å². The molecule has 3 fully saturated rings. The number of methoxy groups -OCH3 is 1. The molecule has 6 heteroatoms. The van der Waals surface area contributed by atoms with E-state index in [1.54, 1.807) is 19.2 Å². The fourth-order valence-corrected chi connectivity index (χ4v) is 6.21. The number of nitrogens with zero attached hydrogens (tertiary/aromatic N) is 1. The minimum Gasteiger partial charge on any atom is -0.381 e. The van der Waals surface area contributed by atoms with Crippen molar-refractivity contribution in [3.8, 4) is 0 Å². The van der Waals surface area contributed by atoms with Crippen molar-refractivity contribution in [2.45, 2.75) is 82.8 Å². The first-order valence-corrected chi connectivity index (χ1v) is 13.3. The van der Waals surface area contributed by atoms with E-state index in [4.69, 9.17) is 4.74 Å². The summed E-state index contributed by atoms with van der Waals surface area (Å²) in [6.45, 7) is 3.03. The van der Waals surface area contributed by atoms with Gasteiger partial charge in [-0.3, -0.25) is 9.59 Å². The molecule has 5 nitrogen and oxygen atoms in total. The Balaban J connectivity index is 1.09. The Bertz CT molecular complexity index is 798. The monoisotopic (exact) mass is 472 g/mol. The first-order chi connectivity index (χ1) is 16.5. The molecular formula is C28H41FN2O3. The minimum absolute atomic E-state index is 0.0605. The summed E-state index contributed by atoms with van der Waals surface area (Å²) in [5.74, 6) is 1.37. The highest BCUT2D eigenvalue weighted by atomic mass is 19.1. The number of ether oxygens (including phenoxy) is 1. The number of amides is 1. The van der Waals surface area contributed by atoms with Crippen molar-refractivity contribution in [2.75, 3.05) is 26.7 Å². The highest BCUT2D eigenvalue weighted by Gasteiger charge is 2.29. The van der Waals surface area contributed by atoms with Gasteiger partial charge in [-0.1, -0.05) is 0 Å². The highest BCUT2D eigenvalue weighted by Crippen LogP contribution is 2.31. The van der Waals surface area contributed by atoms with E-state index < -0.39 is 0 Å². The summed E-state index contributed by atoms with van der Waals surface area (Å²) in [6.07, 6.45) is 11.8. The molecule has 2 saturated carbocycles. The summed E-state index contributed by atoms with van der Waals surface area (Å²) in [4.78, 5) is 27.6. The van der Waals surface area contributed by atoms with Gasteiger partial charge in [0.05, 0.1) is 6.10 Å². The van der Waals surface area contributed by atoms with E-state index in [-0.39, 0.29) is 23.4 Å². The van der Waals surface area contributed by atoms with Gasteiger partial charge in [-0.05, 0) is 120 Å². The third-order valence-electron chi connectivity index (χ3n) is 8.45. The van der Waals surface area contributed by atoms with Crippen LogP contribution in [-0.4, -0.2) is 55.5 Å². The van der Waals surface area contributed by atoms with Gasteiger partial charge < -0.3 is 15.0 Å². The smallest absolute Gasteiger partial charge is 0.220 e. The van der Waals surface area contributed by atoms with Crippen molar-refractivity contribution < 1.29 is 18.7 Å². The number of ketones is 1. The number of hydrogen-bond donors (Lipinski definition) is 1. The van der Waals surface area contributed by atoms with E-state index >= 15 is 0 Å². The van der Waals surface area contributed by atoms with Crippen LogP contribution in [0.5, 0.6) is 0 Å². The number of carbonyl (C=O) groups excluding carboxylic acids is 2. The number of halogens is 1. The Hall–Kier alpha value is -1.79. The third kappa shape index (κ3) is 7.11. The first-order valence-electron chi connectivity index (χ1n) is 13.3. The average Bonchev–Trinajstić information content (AvgIpc) is 3.31. The Morgan fingerprint density at radius 3 is 2.29 bits per heavy atom. The molecular weight excluding hydrogens is 431 g/mol. The predicted molar refractivity (Wildman–Crippen MR) is 131 cm³/mol. The van der Waals surface area contributed by atoms with Crippen LogP contribution in [0.2, 0.25) is 0 Å². The van der Waals surface area contributed by atoms with Gasteiger partial charge in [-0.25, -0.2) is 4.39 Å². The quantitative estimate of drug-likeness (QED) is 0.515. The van der Waals surface area contributed by atoms with Gasteiger partial charge in [0.25, 0.3) is 0 Å². The van der Waals surface area contributed by atoms with Gasteiger partial charge in [-0.2, -0.15) is 0 Å². The Morgan fingerprint density at radius 1 is 0.971 bits per heavy atom. The molecule has 0 aromatic heterocycles. The number of piperidine rings is 1. The molecule has 0 radical (unpaired) electrons. The molecule has 4 rings (SSSR count). The number of benzene rings is 1. The van der Waals surface area contributed by atoms with Crippen molar-refractivity contribution in [1.29, 1.82) is 0 Å². The number of nitrogens with one attached hydrogen (secondary N) is 1. The zero-order valence-corrected chi connectivity index (χ0v) is 20.6. The second kappa shape index (κ2) is 12.3. The summed E-state index contributed by atoms with van der Waals surface area (Å²) in [5, 5.41) is 3.29. The lowest BCUT2D eigenvalue weighted by Gasteiger charge is -2.34. The fraction of sp³-hybridized carbons (Fsp3) is 0.714. The first kappa shape index (κ1) is 25.3. The topological polar surface area (TPSA) is 58.6 Å². The summed E-state index contributed by atoms with van der Waals surface area (Å²) in [6, 6.07) is 6.30. The summed E-state index contributed by atoms with van der Waals surface area (Å²) >= 11 is 0.